The highest BCUT2D eigenvalue weighted by Crippen LogP contribution is 2.34. The Balaban J connectivity index is 1.54. The van der Waals surface area contributed by atoms with Crippen LogP contribution in [-0.2, 0) is 17.7 Å². The molecule has 6 nitrogen and oxygen atoms in total. The van der Waals surface area contributed by atoms with E-state index in [9.17, 15) is 14.4 Å². The van der Waals surface area contributed by atoms with E-state index in [1.807, 2.05) is 6.20 Å². The van der Waals surface area contributed by atoms with Crippen LogP contribution in [0.4, 0.5) is 0 Å². The molecule has 2 aromatic rings. The van der Waals surface area contributed by atoms with Crippen molar-refractivity contribution in [3.05, 3.63) is 69.1 Å². The second-order valence-electron chi connectivity index (χ2n) is 6.85. The first-order valence-corrected chi connectivity index (χ1v) is 8.78. The van der Waals surface area contributed by atoms with Crippen molar-refractivity contribution < 1.29 is 14.3 Å². The first-order chi connectivity index (χ1) is 12.6. The summed E-state index contributed by atoms with van der Waals surface area (Å²) < 4.78 is 6.48. The van der Waals surface area contributed by atoms with Crippen LogP contribution in [0, 0.1) is 0 Å². The van der Waals surface area contributed by atoms with Gasteiger partial charge in [0.1, 0.15) is 0 Å². The minimum Gasteiger partial charge on any atom is -0.465 e. The number of rotatable bonds is 3. The Labute approximate surface area is 151 Å². The molecule has 2 aliphatic rings. The molecule has 1 aliphatic carbocycles. The molecule has 1 saturated carbocycles. The first-order valence-electron chi connectivity index (χ1n) is 8.78. The predicted octanol–water partition coefficient (Wildman–Crippen LogP) is 2.17. The van der Waals surface area contributed by atoms with Crippen molar-refractivity contribution in [2.24, 2.45) is 0 Å². The summed E-state index contributed by atoms with van der Waals surface area (Å²) in [4.78, 5) is 38.3. The lowest BCUT2D eigenvalue weighted by Crippen LogP contribution is -2.37. The summed E-state index contributed by atoms with van der Waals surface area (Å²) in [6.07, 6.45) is 4.71. The molecule has 0 saturated heterocycles. The Bertz CT molecular complexity index is 926. The zero-order chi connectivity index (χ0) is 18.3. The normalized spacial score (nSPS) is 16.1. The van der Waals surface area contributed by atoms with E-state index in [1.165, 1.54) is 7.11 Å². The Hall–Kier alpha value is -2.89. The number of pyridine rings is 1. The van der Waals surface area contributed by atoms with Crippen LogP contribution in [0.1, 0.15) is 50.7 Å². The van der Waals surface area contributed by atoms with Crippen LogP contribution in [0.5, 0.6) is 0 Å². The van der Waals surface area contributed by atoms with Gasteiger partial charge in [0, 0.05) is 37.0 Å². The molecule has 1 aromatic carbocycles. The maximum Gasteiger partial charge on any atom is 0.337 e. The van der Waals surface area contributed by atoms with Crippen LogP contribution >= 0.6 is 0 Å². The number of carbonyl (C=O) groups excluding carboxylic acids is 2. The average Bonchev–Trinajstić information content (AvgIpc) is 3.51. The van der Waals surface area contributed by atoms with E-state index >= 15 is 0 Å². The molecular weight excluding hydrogens is 332 g/mol. The van der Waals surface area contributed by atoms with E-state index in [2.05, 4.69) is 4.74 Å². The Kier molecular flexibility index (Phi) is 4.11. The Morgan fingerprint density at radius 1 is 1.08 bits per heavy atom. The molecule has 6 heteroatoms. The summed E-state index contributed by atoms with van der Waals surface area (Å²) in [6.45, 7) is 1.08. The number of methoxy groups -OCH3 is 1. The maximum atomic E-state index is 12.8. The van der Waals surface area contributed by atoms with Crippen molar-refractivity contribution in [1.29, 1.82) is 0 Å². The van der Waals surface area contributed by atoms with Crippen LogP contribution in [-0.4, -0.2) is 35.0 Å². The lowest BCUT2D eigenvalue weighted by Gasteiger charge is -2.29. The van der Waals surface area contributed by atoms with Gasteiger partial charge in [-0.2, -0.15) is 0 Å². The minimum absolute atomic E-state index is 0.0597. The number of carbonyl (C=O) groups is 2. The van der Waals surface area contributed by atoms with Gasteiger partial charge in [0.05, 0.1) is 12.7 Å². The molecule has 26 heavy (non-hydrogen) atoms. The maximum absolute atomic E-state index is 12.8. The van der Waals surface area contributed by atoms with Gasteiger partial charge in [-0.3, -0.25) is 9.59 Å². The minimum atomic E-state index is -0.422. The monoisotopic (exact) mass is 352 g/mol. The molecule has 0 unspecified atom stereocenters. The number of benzene rings is 1. The Morgan fingerprint density at radius 3 is 2.42 bits per heavy atom. The fourth-order valence-corrected chi connectivity index (χ4v) is 3.41. The molecule has 0 atom stereocenters. The second kappa shape index (κ2) is 6.44. The summed E-state index contributed by atoms with van der Waals surface area (Å²) in [5.41, 5.74) is 3.10. The molecule has 4 rings (SSSR count). The molecule has 1 amide bonds. The molecule has 2 heterocycles. The fraction of sp³-hybridized carbons (Fsp3) is 0.350. The number of hydrogen-bond acceptors (Lipinski definition) is 4. The van der Waals surface area contributed by atoms with E-state index < -0.39 is 5.97 Å². The lowest BCUT2D eigenvalue weighted by atomic mass is 10.0. The van der Waals surface area contributed by atoms with Crippen LogP contribution < -0.4 is 5.56 Å². The van der Waals surface area contributed by atoms with E-state index in [-0.39, 0.29) is 11.5 Å². The van der Waals surface area contributed by atoms with Gasteiger partial charge < -0.3 is 14.2 Å². The zero-order valence-corrected chi connectivity index (χ0v) is 14.6. The van der Waals surface area contributed by atoms with Crippen molar-refractivity contribution in [2.45, 2.75) is 31.8 Å². The summed E-state index contributed by atoms with van der Waals surface area (Å²) >= 11 is 0. The summed E-state index contributed by atoms with van der Waals surface area (Å²) in [5.74, 6) is -0.495. The smallest absolute Gasteiger partial charge is 0.337 e. The van der Waals surface area contributed by atoms with Crippen molar-refractivity contribution >= 4 is 11.9 Å². The third kappa shape index (κ3) is 3.03. The van der Waals surface area contributed by atoms with Gasteiger partial charge in [-0.25, -0.2) is 4.79 Å². The molecule has 0 radical (unpaired) electrons. The highest BCUT2D eigenvalue weighted by atomic mass is 16.5. The topological polar surface area (TPSA) is 68.6 Å². The number of aromatic nitrogens is 1. The van der Waals surface area contributed by atoms with Crippen molar-refractivity contribution in [3.63, 3.8) is 0 Å². The summed E-state index contributed by atoms with van der Waals surface area (Å²) in [5, 5.41) is 0. The lowest BCUT2D eigenvalue weighted by molar-refractivity contribution is 0.0599. The van der Waals surface area contributed by atoms with Gasteiger partial charge >= 0.3 is 5.97 Å². The van der Waals surface area contributed by atoms with Crippen LogP contribution in [0.2, 0.25) is 0 Å². The quantitative estimate of drug-likeness (QED) is 0.794. The molecule has 0 N–H and O–H groups in total. The number of hydrogen-bond donors (Lipinski definition) is 0. The SMILES string of the molecule is COC(=O)c1ccc(C(=O)N2CCc3cc(=O)n(C4CC4)cc3C2)cc1. The van der Waals surface area contributed by atoms with Crippen molar-refractivity contribution in [3.8, 4) is 0 Å². The average molecular weight is 352 g/mol. The molecule has 0 bridgehead atoms. The van der Waals surface area contributed by atoms with E-state index in [0.717, 1.165) is 24.0 Å². The number of esters is 1. The highest BCUT2D eigenvalue weighted by molar-refractivity contribution is 5.96. The zero-order valence-electron chi connectivity index (χ0n) is 14.6. The molecular formula is C20H20N2O4. The van der Waals surface area contributed by atoms with Gasteiger partial charge in [-0.05, 0) is 54.7 Å². The second-order valence-corrected chi connectivity index (χ2v) is 6.85. The van der Waals surface area contributed by atoms with Crippen molar-refractivity contribution in [1.82, 2.24) is 9.47 Å². The highest BCUT2D eigenvalue weighted by Gasteiger charge is 2.27. The van der Waals surface area contributed by atoms with Gasteiger partial charge in [-0.1, -0.05) is 0 Å². The van der Waals surface area contributed by atoms with Gasteiger partial charge in [0.25, 0.3) is 11.5 Å². The molecule has 1 fully saturated rings. The third-order valence-electron chi connectivity index (χ3n) is 5.05. The van der Waals surface area contributed by atoms with E-state index in [0.29, 0.717) is 36.7 Å². The van der Waals surface area contributed by atoms with E-state index in [1.54, 1.807) is 39.8 Å². The number of fused-ring (bicyclic) bond motifs is 1. The van der Waals surface area contributed by atoms with Crippen LogP contribution in [0.25, 0.3) is 0 Å². The van der Waals surface area contributed by atoms with Crippen LogP contribution in [0.3, 0.4) is 0 Å². The molecule has 134 valence electrons. The third-order valence-corrected chi connectivity index (χ3v) is 5.05. The van der Waals surface area contributed by atoms with Gasteiger partial charge in [0.2, 0.25) is 0 Å². The van der Waals surface area contributed by atoms with Gasteiger partial charge in [0.15, 0.2) is 0 Å². The molecule has 1 aromatic heterocycles. The number of amides is 1. The first kappa shape index (κ1) is 16.6. The van der Waals surface area contributed by atoms with Gasteiger partial charge in [-0.15, -0.1) is 0 Å². The van der Waals surface area contributed by atoms with E-state index in [4.69, 9.17) is 0 Å². The largest absolute Gasteiger partial charge is 0.465 e. The molecule has 0 spiro atoms. The number of ether oxygens (including phenoxy) is 1. The standard InChI is InChI=1S/C20H20N2O4/c1-26-20(25)14-4-2-13(3-5-14)19(24)21-9-8-15-10-18(23)22(17-6-7-17)12-16(15)11-21/h2-5,10,12,17H,6-9,11H2,1H3. The molecule has 1 aliphatic heterocycles. The Morgan fingerprint density at radius 2 is 1.77 bits per heavy atom. The summed E-state index contributed by atoms with van der Waals surface area (Å²) in [6, 6.07) is 8.54. The number of nitrogens with zero attached hydrogens (tertiary/aromatic N) is 2. The van der Waals surface area contributed by atoms with Crippen molar-refractivity contribution in [2.75, 3.05) is 13.7 Å². The predicted molar refractivity (Wildman–Crippen MR) is 95.2 cm³/mol. The summed E-state index contributed by atoms with van der Waals surface area (Å²) in [7, 11) is 1.33. The fourth-order valence-electron chi connectivity index (χ4n) is 3.41. The van der Waals surface area contributed by atoms with Crippen LogP contribution in [0.15, 0.2) is 41.3 Å².